The molecule has 1 heterocycles. The van der Waals surface area contributed by atoms with E-state index in [1.54, 1.807) is 44.4 Å². The number of aromatic nitrogens is 3. The van der Waals surface area contributed by atoms with Gasteiger partial charge in [0.15, 0.2) is 5.82 Å². The van der Waals surface area contributed by atoms with Crippen LogP contribution in [0.25, 0.3) is 11.4 Å². The quantitative estimate of drug-likeness (QED) is 0.452. The summed E-state index contributed by atoms with van der Waals surface area (Å²) in [6, 6.07) is 11.8. The summed E-state index contributed by atoms with van der Waals surface area (Å²) in [5, 5.41) is 11.7. The van der Waals surface area contributed by atoms with Gasteiger partial charge in [0.1, 0.15) is 17.2 Å². The summed E-state index contributed by atoms with van der Waals surface area (Å²) in [5.74, 6) is 2.38. The summed E-state index contributed by atoms with van der Waals surface area (Å²) in [4.78, 5) is 0. The molecule has 0 saturated carbocycles. The molecule has 0 aliphatic heterocycles. The Bertz CT molecular complexity index is 1080. The highest BCUT2D eigenvalue weighted by atomic mass is 32.1. The standard InChI is InChI=1S/C22H26N4O3S/c1-22(2,3)15-9-7-14(8-10-15)20-24-25-21(30)26(20)23-13-17-18(28-5)11-16(27-4)12-19(17)29-6/h7-13H,1-6H3,(H,25,30). The van der Waals surface area contributed by atoms with Gasteiger partial charge in [0.05, 0.1) is 33.1 Å². The Balaban J connectivity index is 2.03. The summed E-state index contributed by atoms with van der Waals surface area (Å²) in [6.45, 7) is 6.54. The smallest absolute Gasteiger partial charge is 0.216 e. The van der Waals surface area contributed by atoms with Crippen molar-refractivity contribution in [2.45, 2.75) is 26.2 Å². The highest BCUT2D eigenvalue weighted by Crippen LogP contribution is 2.33. The molecule has 1 N–H and O–H groups in total. The summed E-state index contributed by atoms with van der Waals surface area (Å²) in [6.07, 6.45) is 1.63. The monoisotopic (exact) mass is 426 g/mol. The minimum Gasteiger partial charge on any atom is -0.496 e. The second-order valence-electron chi connectivity index (χ2n) is 7.68. The zero-order valence-electron chi connectivity index (χ0n) is 18.0. The second kappa shape index (κ2) is 8.71. The number of hydrogen-bond donors (Lipinski definition) is 1. The fourth-order valence-electron chi connectivity index (χ4n) is 2.98. The minimum atomic E-state index is 0.0723. The second-order valence-corrected chi connectivity index (χ2v) is 8.07. The number of ether oxygens (including phenoxy) is 3. The molecule has 0 radical (unpaired) electrons. The van der Waals surface area contributed by atoms with Crippen molar-refractivity contribution >= 4 is 18.4 Å². The first-order valence-corrected chi connectivity index (χ1v) is 9.82. The van der Waals surface area contributed by atoms with Crippen molar-refractivity contribution in [3.63, 3.8) is 0 Å². The molecule has 7 nitrogen and oxygen atoms in total. The van der Waals surface area contributed by atoms with Crippen LogP contribution in [0.4, 0.5) is 0 Å². The van der Waals surface area contributed by atoms with Crippen LogP contribution in [0.5, 0.6) is 17.2 Å². The third-order valence-corrected chi connectivity index (χ3v) is 4.98. The van der Waals surface area contributed by atoms with Gasteiger partial charge in [0.2, 0.25) is 4.77 Å². The number of nitrogens with one attached hydrogen (secondary N) is 1. The van der Waals surface area contributed by atoms with E-state index in [1.165, 1.54) is 5.56 Å². The van der Waals surface area contributed by atoms with E-state index in [2.05, 4.69) is 48.2 Å². The van der Waals surface area contributed by atoms with Gasteiger partial charge < -0.3 is 14.2 Å². The molecule has 2 aromatic carbocycles. The van der Waals surface area contributed by atoms with Crippen molar-refractivity contribution < 1.29 is 14.2 Å². The van der Waals surface area contributed by atoms with E-state index in [0.717, 1.165) is 5.56 Å². The average molecular weight is 427 g/mol. The van der Waals surface area contributed by atoms with Crippen LogP contribution in [0, 0.1) is 4.77 Å². The lowest BCUT2D eigenvalue weighted by molar-refractivity contribution is 0.374. The number of methoxy groups -OCH3 is 3. The maximum absolute atomic E-state index is 5.48. The predicted octanol–water partition coefficient (Wildman–Crippen LogP) is 4.81. The highest BCUT2D eigenvalue weighted by Gasteiger charge is 2.16. The Morgan fingerprint density at radius 1 is 1.00 bits per heavy atom. The summed E-state index contributed by atoms with van der Waals surface area (Å²) in [7, 11) is 4.75. The Morgan fingerprint density at radius 3 is 2.10 bits per heavy atom. The number of hydrogen-bond acceptors (Lipinski definition) is 6. The summed E-state index contributed by atoms with van der Waals surface area (Å²) < 4.78 is 18.2. The zero-order chi connectivity index (χ0) is 21.9. The Morgan fingerprint density at radius 2 is 1.60 bits per heavy atom. The van der Waals surface area contributed by atoms with E-state index in [0.29, 0.717) is 33.4 Å². The van der Waals surface area contributed by atoms with E-state index >= 15 is 0 Å². The van der Waals surface area contributed by atoms with E-state index in [9.17, 15) is 0 Å². The molecule has 0 bridgehead atoms. The van der Waals surface area contributed by atoms with Crippen LogP contribution >= 0.6 is 12.2 Å². The van der Waals surface area contributed by atoms with Gasteiger partial charge in [-0.25, -0.2) is 5.10 Å². The van der Waals surface area contributed by atoms with Crippen molar-refractivity contribution in [3.8, 4) is 28.6 Å². The first kappa shape index (κ1) is 21.6. The molecular weight excluding hydrogens is 400 g/mol. The zero-order valence-corrected chi connectivity index (χ0v) is 18.8. The fraction of sp³-hybridized carbons (Fsp3) is 0.318. The van der Waals surface area contributed by atoms with Gasteiger partial charge in [-0.3, -0.25) is 0 Å². The lowest BCUT2D eigenvalue weighted by atomic mass is 9.87. The van der Waals surface area contributed by atoms with Crippen molar-refractivity contribution in [1.82, 2.24) is 14.9 Å². The van der Waals surface area contributed by atoms with Crippen LogP contribution in [0.1, 0.15) is 31.9 Å². The molecule has 8 heteroatoms. The van der Waals surface area contributed by atoms with Crippen molar-refractivity contribution in [2.24, 2.45) is 5.10 Å². The topological polar surface area (TPSA) is 73.7 Å². The Hall–Kier alpha value is -3.13. The molecule has 0 aliphatic rings. The maximum Gasteiger partial charge on any atom is 0.216 e. The van der Waals surface area contributed by atoms with E-state index in [1.807, 2.05) is 12.1 Å². The molecule has 0 fully saturated rings. The molecule has 158 valence electrons. The van der Waals surface area contributed by atoms with Crippen molar-refractivity contribution in [3.05, 3.63) is 52.3 Å². The van der Waals surface area contributed by atoms with Crippen LogP contribution in [0.15, 0.2) is 41.5 Å². The van der Waals surface area contributed by atoms with Gasteiger partial charge in [0, 0.05) is 17.7 Å². The lowest BCUT2D eigenvalue weighted by Crippen LogP contribution is -2.10. The highest BCUT2D eigenvalue weighted by molar-refractivity contribution is 7.71. The molecule has 3 rings (SSSR count). The molecule has 1 aromatic heterocycles. The van der Waals surface area contributed by atoms with Crippen molar-refractivity contribution in [1.29, 1.82) is 0 Å². The summed E-state index contributed by atoms with van der Waals surface area (Å²) in [5.41, 5.74) is 2.88. The third-order valence-electron chi connectivity index (χ3n) is 4.72. The molecule has 3 aromatic rings. The molecule has 0 amide bonds. The lowest BCUT2D eigenvalue weighted by Gasteiger charge is -2.18. The van der Waals surface area contributed by atoms with Crippen molar-refractivity contribution in [2.75, 3.05) is 21.3 Å². The molecule has 0 unspecified atom stereocenters. The third kappa shape index (κ3) is 4.38. The van der Waals surface area contributed by atoms with Crippen LogP contribution in [0.3, 0.4) is 0 Å². The summed E-state index contributed by atoms with van der Waals surface area (Å²) >= 11 is 5.38. The number of aromatic amines is 1. The first-order valence-electron chi connectivity index (χ1n) is 9.41. The normalized spacial score (nSPS) is 11.7. The first-order chi connectivity index (χ1) is 14.3. The van der Waals surface area contributed by atoms with Gasteiger partial charge in [0.25, 0.3) is 0 Å². The van der Waals surface area contributed by atoms with E-state index < -0.39 is 0 Å². The van der Waals surface area contributed by atoms with Gasteiger partial charge in [-0.2, -0.15) is 14.9 Å². The molecular formula is C22H26N4O3S. The molecule has 0 aliphatic carbocycles. The maximum atomic E-state index is 5.48. The largest absolute Gasteiger partial charge is 0.496 e. The van der Waals surface area contributed by atoms with Gasteiger partial charge in [-0.15, -0.1) is 0 Å². The molecule has 0 atom stereocenters. The van der Waals surface area contributed by atoms with Gasteiger partial charge in [-0.05, 0) is 23.2 Å². The average Bonchev–Trinajstić information content (AvgIpc) is 3.11. The molecule has 0 spiro atoms. The number of H-pyrrole nitrogens is 1. The van der Waals surface area contributed by atoms with Crippen LogP contribution in [-0.2, 0) is 5.41 Å². The molecule has 30 heavy (non-hydrogen) atoms. The number of rotatable bonds is 6. The van der Waals surface area contributed by atoms with Crippen LogP contribution in [-0.4, -0.2) is 42.4 Å². The predicted molar refractivity (Wildman–Crippen MR) is 121 cm³/mol. The Labute approximate surface area is 181 Å². The number of nitrogens with zero attached hydrogens (tertiary/aromatic N) is 3. The van der Waals surface area contributed by atoms with E-state index in [4.69, 9.17) is 26.4 Å². The Kier molecular flexibility index (Phi) is 6.26. The fourth-order valence-corrected chi connectivity index (χ4v) is 3.16. The van der Waals surface area contributed by atoms with Gasteiger partial charge in [-0.1, -0.05) is 45.0 Å². The van der Waals surface area contributed by atoms with Gasteiger partial charge >= 0.3 is 0 Å². The van der Waals surface area contributed by atoms with Crippen LogP contribution in [0.2, 0.25) is 0 Å². The molecule has 0 saturated heterocycles. The number of benzene rings is 2. The minimum absolute atomic E-state index is 0.0723. The van der Waals surface area contributed by atoms with E-state index in [-0.39, 0.29) is 5.41 Å². The van der Waals surface area contributed by atoms with Crippen LogP contribution < -0.4 is 14.2 Å². The SMILES string of the molecule is COc1cc(OC)c(C=Nn2c(-c3ccc(C(C)(C)C)cc3)n[nH]c2=S)c(OC)c1.